The molecule has 0 spiro atoms. The van der Waals surface area contributed by atoms with Crippen LogP contribution < -0.4 is 10.3 Å². The van der Waals surface area contributed by atoms with Gasteiger partial charge in [0, 0.05) is 44.4 Å². The Morgan fingerprint density at radius 1 is 1.06 bits per heavy atom. The second-order valence-corrected chi connectivity index (χ2v) is 6.74. The standard InChI is InChI=1S/C22H23N3O6/c1-29-11-10-24-22(26)9-7-18(23-24)12-16-6-8-21(31-15-30-2)20(13-16)17-4-3-5-19(14-17)25(27)28/h3-9,13-14H,10-12,15H2,1-2H3. The predicted molar refractivity (Wildman–Crippen MR) is 114 cm³/mol. The van der Waals surface area contributed by atoms with Gasteiger partial charge in [-0.05, 0) is 29.3 Å². The Hall–Kier alpha value is -3.56. The molecule has 0 saturated heterocycles. The molecule has 1 aromatic heterocycles. The van der Waals surface area contributed by atoms with Gasteiger partial charge in [0.1, 0.15) is 5.75 Å². The first kappa shape index (κ1) is 22.1. The fraction of sp³-hybridized carbons (Fsp3) is 0.273. The Kier molecular flexibility index (Phi) is 7.47. The number of non-ortho nitro benzene ring substituents is 1. The molecule has 1 heterocycles. The minimum Gasteiger partial charge on any atom is -0.467 e. The number of nitro benzene ring substituents is 1. The van der Waals surface area contributed by atoms with Crippen molar-refractivity contribution < 1.29 is 19.1 Å². The zero-order valence-corrected chi connectivity index (χ0v) is 17.3. The fourth-order valence-electron chi connectivity index (χ4n) is 3.08. The van der Waals surface area contributed by atoms with E-state index in [0.717, 1.165) is 5.56 Å². The number of nitro groups is 1. The molecule has 0 aliphatic heterocycles. The smallest absolute Gasteiger partial charge is 0.270 e. The van der Waals surface area contributed by atoms with Gasteiger partial charge in [-0.3, -0.25) is 14.9 Å². The van der Waals surface area contributed by atoms with Gasteiger partial charge in [-0.15, -0.1) is 0 Å². The van der Waals surface area contributed by atoms with Crippen LogP contribution in [-0.2, 0) is 22.4 Å². The Balaban J connectivity index is 1.96. The summed E-state index contributed by atoms with van der Waals surface area (Å²) in [6.07, 6.45) is 0.472. The van der Waals surface area contributed by atoms with E-state index in [1.807, 2.05) is 12.1 Å². The average Bonchev–Trinajstić information content (AvgIpc) is 2.78. The van der Waals surface area contributed by atoms with E-state index in [2.05, 4.69) is 5.10 Å². The number of nitrogens with zero attached hydrogens (tertiary/aromatic N) is 3. The first-order valence-corrected chi connectivity index (χ1v) is 9.57. The van der Waals surface area contributed by atoms with Crippen molar-refractivity contribution in [1.29, 1.82) is 0 Å². The minimum atomic E-state index is -0.434. The van der Waals surface area contributed by atoms with E-state index in [4.69, 9.17) is 14.2 Å². The first-order chi connectivity index (χ1) is 15.0. The number of benzene rings is 2. The summed E-state index contributed by atoms with van der Waals surface area (Å²) < 4.78 is 17.1. The van der Waals surface area contributed by atoms with Gasteiger partial charge in [-0.25, -0.2) is 4.68 Å². The van der Waals surface area contributed by atoms with Gasteiger partial charge in [0.2, 0.25) is 0 Å². The Labute approximate surface area is 179 Å². The zero-order chi connectivity index (χ0) is 22.2. The molecule has 0 fully saturated rings. The molecule has 0 aliphatic rings. The van der Waals surface area contributed by atoms with Crippen LogP contribution in [0.2, 0.25) is 0 Å². The average molecular weight is 425 g/mol. The van der Waals surface area contributed by atoms with Gasteiger partial charge in [0.25, 0.3) is 11.2 Å². The summed E-state index contributed by atoms with van der Waals surface area (Å²) in [4.78, 5) is 22.7. The third kappa shape index (κ3) is 5.74. The van der Waals surface area contributed by atoms with E-state index in [9.17, 15) is 14.9 Å². The van der Waals surface area contributed by atoms with Crippen molar-refractivity contribution in [2.75, 3.05) is 27.6 Å². The van der Waals surface area contributed by atoms with E-state index in [0.29, 0.717) is 42.1 Å². The minimum absolute atomic E-state index is 0.00696. The summed E-state index contributed by atoms with van der Waals surface area (Å²) in [5.74, 6) is 0.545. The first-order valence-electron chi connectivity index (χ1n) is 9.57. The third-order valence-electron chi connectivity index (χ3n) is 4.56. The Bertz CT molecular complexity index is 1110. The number of hydrogen-bond acceptors (Lipinski definition) is 7. The lowest BCUT2D eigenvalue weighted by atomic mass is 9.99. The lowest BCUT2D eigenvalue weighted by Gasteiger charge is -2.13. The maximum atomic E-state index is 12.0. The summed E-state index contributed by atoms with van der Waals surface area (Å²) in [7, 11) is 3.09. The molecule has 0 aliphatic carbocycles. The molecule has 0 N–H and O–H groups in total. The molecule has 0 unspecified atom stereocenters. The zero-order valence-electron chi connectivity index (χ0n) is 17.3. The van der Waals surface area contributed by atoms with Crippen LogP contribution in [0.4, 0.5) is 5.69 Å². The van der Waals surface area contributed by atoms with Crippen molar-refractivity contribution in [3.05, 3.63) is 86.3 Å². The van der Waals surface area contributed by atoms with Gasteiger partial charge < -0.3 is 14.2 Å². The molecule has 0 amide bonds. The van der Waals surface area contributed by atoms with Crippen LogP contribution in [0.25, 0.3) is 11.1 Å². The highest BCUT2D eigenvalue weighted by molar-refractivity contribution is 5.73. The van der Waals surface area contributed by atoms with Crippen molar-refractivity contribution in [1.82, 2.24) is 9.78 Å². The molecular formula is C22H23N3O6. The summed E-state index contributed by atoms with van der Waals surface area (Å²) in [6.45, 7) is 0.804. The van der Waals surface area contributed by atoms with E-state index >= 15 is 0 Å². The molecule has 0 bridgehead atoms. The van der Waals surface area contributed by atoms with Crippen LogP contribution in [0.3, 0.4) is 0 Å². The topological polar surface area (TPSA) is 106 Å². The van der Waals surface area contributed by atoms with Crippen LogP contribution in [0.5, 0.6) is 5.75 Å². The van der Waals surface area contributed by atoms with Crippen molar-refractivity contribution in [3.8, 4) is 16.9 Å². The summed E-state index contributed by atoms with van der Waals surface area (Å²) in [6, 6.07) is 15.1. The predicted octanol–water partition coefficient (Wildman–Crippen LogP) is 3.04. The van der Waals surface area contributed by atoms with Crippen molar-refractivity contribution in [2.45, 2.75) is 13.0 Å². The molecule has 9 heteroatoms. The van der Waals surface area contributed by atoms with Crippen LogP contribution in [0.15, 0.2) is 59.4 Å². The van der Waals surface area contributed by atoms with Gasteiger partial charge in [-0.1, -0.05) is 18.2 Å². The molecular weight excluding hydrogens is 402 g/mol. The van der Waals surface area contributed by atoms with Crippen LogP contribution >= 0.6 is 0 Å². The summed E-state index contributed by atoms with van der Waals surface area (Å²) in [5, 5.41) is 15.6. The Morgan fingerprint density at radius 3 is 2.65 bits per heavy atom. The highest BCUT2D eigenvalue weighted by Crippen LogP contribution is 2.33. The molecule has 2 aromatic carbocycles. The lowest BCUT2D eigenvalue weighted by molar-refractivity contribution is -0.384. The molecule has 9 nitrogen and oxygen atoms in total. The highest BCUT2D eigenvalue weighted by Gasteiger charge is 2.13. The largest absolute Gasteiger partial charge is 0.467 e. The van der Waals surface area contributed by atoms with E-state index in [-0.39, 0.29) is 18.0 Å². The summed E-state index contributed by atoms with van der Waals surface area (Å²) >= 11 is 0. The van der Waals surface area contributed by atoms with E-state index < -0.39 is 4.92 Å². The number of methoxy groups -OCH3 is 2. The fourth-order valence-corrected chi connectivity index (χ4v) is 3.08. The van der Waals surface area contributed by atoms with Gasteiger partial charge >= 0.3 is 0 Å². The SMILES string of the molecule is COCCn1nc(Cc2ccc(OCOC)c(-c3cccc([N+](=O)[O-])c3)c2)ccc1=O. The van der Waals surface area contributed by atoms with Crippen LogP contribution in [0.1, 0.15) is 11.3 Å². The van der Waals surface area contributed by atoms with Gasteiger partial charge in [-0.2, -0.15) is 5.10 Å². The number of aromatic nitrogens is 2. The monoisotopic (exact) mass is 425 g/mol. The molecule has 3 rings (SSSR count). The molecule has 162 valence electrons. The molecule has 0 atom stereocenters. The van der Waals surface area contributed by atoms with E-state index in [1.54, 1.807) is 31.4 Å². The summed E-state index contributed by atoms with van der Waals surface area (Å²) in [5.41, 5.74) is 2.78. The Morgan fingerprint density at radius 2 is 1.90 bits per heavy atom. The normalized spacial score (nSPS) is 10.8. The van der Waals surface area contributed by atoms with Crippen LogP contribution in [-0.4, -0.2) is 42.3 Å². The number of ether oxygens (including phenoxy) is 3. The molecule has 0 radical (unpaired) electrons. The number of rotatable bonds is 10. The van der Waals surface area contributed by atoms with Gasteiger partial charge in [0.15, 0.2) is 6.79 Å². The molecule has 3 aromatic rings. The highest BCUT2D eigenvalue weighted by atomic mass is 16.7. The lowest BCUT2D eigenvalue weighted by Crippen LogP contribution is -2.25. The maximum Gasteiger partial charge on any atom is 0.270 e. The quantitative estimate of drug-likeness (QED) is 0.279. The van der Waals surface area contributed by atoms with Crippen molar-refractivity contribution >= 4 is 5.69 Å². The van der Waals surface area contributed by atoms with Crippen molar-refractivity contribution in [2.24, 2.45) is 0 Å². The molecule has 0 saturated carbocycles. The van der Waals surface area contributed by atoms with E-state index in [1.165, 1.54) is 30.0 Å². The van der Waals surface area contributed by atoms with Gasteiger partial charge in [0.05, 0.1) is 23.8 Å². The third-order valence-corrected chi connectivity index (χ3v) is 4.56. The molecule has 31 heavy (non-hydrogen) atoms. The maximum absolute atomic E-state index is 12.0. The van der Waals surface area contributed by atoms with Crippen molar-refractivity contribution in [3.63, 3.8) is 0 Å². The van der Waals surface area contributed by atoms with Crippen LogP contribution in [0, 0.1) is 10.1 Å². The second-order valence-electron chi connectivity index (χ2n) is 6.74. The second kappa shape index (κ2) is 10.5. The number of hydrogen-bond donors (Lipinski definition) is 0.